The summed E-state index contributed by atoms with van der Waals surface area (Å²) >= 11 is 5.88. The van der Waals surface area contributed by atoms with E-state index in [4.69, 9.17) is 17.3 Å². The SMILES string of the molecule is CC(C)N(C)C(C)C(=O)Nc1cc(Cl)ccc1N. The summed E-state index contributed by atoms with van der Waals surface area (Å²) in [4.78, 5) is 14.1. The number of nitrogens with zero attached hydrogens (tertiary/aromatic N) is 1. The summed E-state index contributed by atoms with van der Waals surface area (Å²) in [5, 5.41) is 3.34. The van der Waals surface area contributed by atoms with Crippen molar-refractivity contribution in [2.75, 3.05) is 18.1 Å². The first-order valence-corrected chi connectivity index (χ1v) is 6.28. The molecule has 100 valence electrons. The lowest BCUT2D eigenvalue weighted by molar-refractivity contribution is -0.120. The van der Waals surface area contributed by atoms with Gasteiger partial charge in [-0.15, -0.1) is 0 Å². The van der Waals surface area contributed by atoms with Gasteiger partial charge in [0.05, 0.1) is 17.4 Å². The maximum atomic E-state index is 12.1. The van der Waals surface area contributed by atoms with Gasteiger partial charge in [-0.25, -0.2) is 0 Å². The quantitative estimate of drug-likeness (QED) is 0.826. The minimum absolute atomic E-state index is 0.0971. The molecular weight excluding hydrogens is 250 g/mol. The summed E-state index contributed by atoms with van der Waals surface area (Å²) in [5.74, 6) is -0.0971. The molecule has 0 saturated carbocycles. The topological polar surface area (TPSA) is 58.4 Å². The maximum absolute atomic E-state index is 12.1. The predicted octanol–water partition coefficient (Wildman–Crippen LogP) is 2.59. The molecule has 0 heterocycles. The Morgan fingerprint density at radius 1 is 1.39 bits per heavy atom. The van der Waals surface area contributed by atoms with E-state index in [-0.39, 0.29) is 11.9 Å². The molecule has 0 aromatic heterocycles. The Morgan fingerprint density at radius 3 is 2.56 bits per heavy atom. The number of halogens is 1. The highest BCUT2D eigenvalue weighted by atomic mass is 35.5. The second kappa shape index (κ2) is 6.07. The number of likely N-dealkylation sites (N-methyl/N-ethyl adjacent to an activating group) is 1. The second-order valence-corrected chi connectivity index (χ2v) is 5.09. The van der Waals surface area contributed by atoms with Gasteiger partial charge in [0, 0.05) is 11.1 Å². The molecule has 18 heavy (non-hydrogen) atoms. The highest BCUT2D eigenvalue weighted by molar-refractivity contribution is 6.31. The zero-order chi connectivity index (χ0) is 13.9. The molecule has 0 radical (unpaired) electrons. The van der Waals surface area contributed by atoms with E-state index in [1.54, 1.807) is 18.2 Å². The van der Waals surface area contributed by atoms with Gasteiger partial charge in [0.1, 0.15) is 0 Å². The van der Waals surface area contributed by atoms with Gasteiger partial charge in [-0.05, 0) is 46.0 Å². The third kappa shape index (κ3) is 3.62. The zero-order valence-electron chi connectivity index (χ0n) is 11.2. The number of carbonyl (C=O) groups is 1. The van der Waals surface area contributed by atoms with E-state index in [9.17, 15) is 4.79 Å². The van der Waals surface area contributed by atoms with Crippen LogP contribution in [0.4, 0.5) is 11.4 Å². The van der Waals surface area contributed by atoms with E-state index in [1.807, 2.05) is 32.7 Å². The van der Waals surface area contributed by atoms with Crippen LogP contribution in [0.3, 0.4) is 0 Å². The van der Waals surface area contributed by atoms with Crippen LogP contribution in [0.5, 0.6) is 0 Å². The standard InChI is InChI=1S/C13H20ClN3O/c1-8(2)17(4)9(3)13(18)16-12-7-10(14)5-6-11(12)15/h5-9H,15H2,1-4H3,(H,16,18). The highest BCUT2D eigenvalue weighted by Gasteiger charge is 2.20. The lowest BCUT2D eigenvalue weighted by Crippen LogP contribution is -2.43. The van der Waals surface area contributed by atoms with Crippen LogP contribution in [0.2, 0.25) is 5.02 Å². The summed E-state index contributed by atoms with van der Waals surface area (Å²) in [6, 6.07) is 5.08. The molecule has 1 aromatic rings. The number of benzene rings is 1. The molecular formula is C13H20ClN3O. The van der Waals surface area contributed by atoms with E-state index in [0.29, 0.717) is 22.4 Å². The van der Waals surface area contributed by atoms with Crippen LogP contribution >= 0.6 is 11.6 Å². The Hall–Kier alpha value is -1.26. The van der Waals surface area contributed by atoms with Crippen LogP contribution < -0.4 is 11.1 Å². The number of hydrogen-bond donors (Lipinski definition) is 2. The summed E-state index contributed by atoms with van der Waals surface area (Å²) in [7, 11) is 1.91. The predicted molar refractivity (Wildman–Crippen MR) is 76.9 cm³/mol. The number of nitrogens with two attached hydrogens (primary N) is 1. The fourth-order valence-electron chi connectivity index (χ4n) is 1.51. The monoisotopic (exact) mass is 269 g/mol. The van der Waals surface area contributed by atoms with Crippen LogP contribution in [-0.4, -0.2) is 29.9 Å². The van der Waals surface area contributed by atoms with Crippen molar-refractivity contribution in [3.63, 3.8) is 0 Å². The fraction of sp³-hybridized carbons (Fsp3) is 0.462. The highest BCUT2D eigenvalue weighted by Crippen LogP contribution is 2.23. The molecule has 1 rings (SSSR count). The number of nitrogen functional groups attached to an aromatic ring is 1. The fourth-order valence-corrected chi connectivity index (χ4v) is 1.68. The first kappa shape index (κ1) is 14.8. The van der Waals surface area contributed by atoms with E-state index < -0.39 is 0 Å². The molecule has 3 N–H and O–H groups in total. The summed E-state index contributed by atoms with van der Waals surface area (Å²) in [5.41, 5.74) is 6.85. The first-order valence-electron chi connectivity index (χ1n) is 5.90. The van der Waals surface area contributed by atoms with Gasteiger partial charge in [-0.1, -0.05) is 11.6 Å². The Balaban J connectivity index is 2.78. The molecule has 1 atom stereocenters. The Morgan fingerprint density at radius 2 is 2.00 bits per heavy atom. The number of anilines is 2. The molecule has 1 amide bonds. The van der Waals surface area contributed by atoms with Crippen molar-refractivity contribution in [2.24, 2.45) is 0 Å². The van der Waals surface area contributed by atoms with Crippen molar-refractivity contribution in [2.45, 2.75) is 32.9 Å². The lowest BCUT2D eigenvalue weighted by Gasteiger charge is -2.27. The van der Waals surface area contributed by atoms with Gasteiger partial charge in [-0.2, -0.15) is 0 Å². The minimum Gasteiger partial charge on any atom is -0.397 e. The van der Waals surface area contributed by atoms with Crippen molar-refractivity contribution >= 4 is 28.9 Å². The van der Waals surface area contributed by atoms with Crippen LogP contribution in [0.15, 0.2) is 18.2 Å². The number of hydrogen-bond acceptors (Lipinski definition) is 3. The van der Waals surface area contributed by atoms with E-state index >= 15 is 0 Å². The molecule has 0 spiro atoms. The molecule has 1 unspecified atom stereocenters. The van der Waals surface area contributed by atoms with Crippen LogP contribution in [0, 0.1) is 0 Å². The molecule has 0 bridgehead atoms. The van der Waals surface area contributed by atoms with E-state index in [2.05, 4.69) is 5.32 Å². The summed E-state index contributed by atoms with van der Waals surface area (Å²) < 4.78 is 0. The second-order valence-electron chi connectivity index (χ2n) is 4.66. The van der Waals surface area contributed by atoms with Crippen LogP contribution in [0.25, 0.3) is 0 Å². The van der Waals surface area contributed by atoms with Gasteiger partial charge in [-0.3, -0.25) is 9.69 Å². The van der Waals surface area contributed by atoms with Gasteiger partial charge < -0.3 is 11.1 Å². The maximum Gasteiger partial charge on any atom is 0.241 e. The number of carbonyl (C=O) groups excluding carboxylic acids is 1. The van der Waals surface area contributed by atoms with Crippen LogP contribution in [-0.2, 0) is 4.79 Å². The third-order valence-corrected chi connectivity index (χ3v) is 3.31. The van der Waals surface area contributed by atoms with Gasteiger partial charge in [0.25, 0.3) is 0 Å². The van der Waals surface area contributed by atoms with E-state index in [1.165, 1.54) is 0 Å². The number of nitrogens with one attached hydrogen (secondary N) is 1. The Labute approximate surface area is 113 Å². The molecule has 4 nitrogen and oxygen atoms in total. The summed E-state index contributed by atoms with van der Waals surface area (Å²) in [6.07, 6.45) is 0. The molecule has 5 heteroatoms. The van der Waals surface area contributed by atoms with Crippen molar-refractivity contribution in [3.8, 4) is 0 Å². The molecule has 0 saturated heterocycles. The smallest absolute Gasteiger partial charge is 0.241 e. The van der Waals surface area contributed by atoms with Gasteiger partial charge in [0.2, 0.25) is 5.91 Å². The van der Waals surface area contributed by atoms with E-state index in [0.717, 1.165) is 0 Å². The normalized spacial score (nSPS) is 12.8. The third-order valence-electron chi connectivity index (χ3n) is 3.08. The molecule has 0 aliphatic rings. The van der Waals surface area contributed by atoms with Crippen molar-refractivity contribution in [1.82, 2.24) is 4.90 Å². The van der Waals surface area contributed by atoms with Gasteiger partial charge in [0.15, 0.2) is 0 Å². The first-order chi connectivity index (χ1) is 8.32. The molecule has 1 aromatic carbocycles. The van der Waals surface area contributed by atoms with Crippen molar-refractivity contribution in [3.05, 3.63) is 23.2 Å². The van der Waals surface area contributed by atoms with Crippen molar-refractivity contribution in [1.29, 1.82) is 0 Å². The molecule has 0 aliphatic carbocycles. The number of rotatable bonds is 4. The summed E-state index contributed by atoms with van der Waals surface area (Å²) in [6.45, 7) is 5.94. The van der Waals surface area contributed by atoms with Crippen LogP contribution in [0.1, 0.15) is 20.8 Å². The Kier molecular flexibility index (Phi) is 4.99. The molecule has 0 aliphatic heterocycles. The minimum atomic E-state index is -0.233. The molecule has 0 fully saturated rings. The zero-order valence-corrected chi connectivity index (χ0v) is 12.0. The average molecular weight is 270 g/mol. The van der Waals surface area contributed by atoms with Gasteiger partial charge >= 0.3 is 0 Å². The largest absolute Gasteiger partial charge is 0.397 e. The lowest BCUT2D eigenvalue weighted by atomic mass is 10.2. The average Bonchev–Trinajstić information content (AvgIpc) is 2.31. The Bertz CT molecular complexity index is 434. The number of amides is 1. The van der Waals surface area contributed by atoms with Crippen molar-refractivity contribution < 1.29 is 4.79 Å².